The molecule has 5 heteroatoms. The topological polar surface area (TPSA) is 58.6 Å². The number of nitrogens with one attached hydrogen (secondary N) is 1. The molecule has 0 fully saturated rings. The monoisotopic (exact) mass is 408 g/mol. The highest BCUT2D eigenvalue weighted by atomic mass is 16.5. The number of carbonyl (C=O) groups excluding carboxylic acids is 2. The number of ether oxygens (including phenoxy) is 1. The zero-order valence-electron chi connectivity index (χ0n) is 18.4. The first-order chi connectivity index (χ1) is 14.4. The van der Waals surface area contributed by atoms with Crippen LogP contribution < -0.4 is 10.2 Å². The summed E-state index contributed by atoms with van der Waals surface area (Å²) < 4.78 is 5.48. The molecule has 1 heterocycles. The number of carbonyl (C=O) groups is 2. The van der Waals surface area contributed by atoms with E-state index in [0.29, 0.717) is 18.7 Å². The second-order valence-electron chi connectivity index (χ2n) is 8.34. The normalized spacial score (nSPS) is 13.1. The van der Waals surface area contributed by atoms with Crippen molar-refractivity contribution >= 4 is 17.5 Å². The van der Waals surface area contributed by atoms with Crippen molar-refractivity contribution in [2.45, 2.75) is 46.6 Å². The molecule has 0 unspecified atom stereocenters. The standard InChI is InChI=1S/C25H32N2O3/c1-17(2)25(29)27-14-12-22-16-21(10-11-23(22)27)19-6-8-20(9-7-19)24(28)26-13-5-15-30-18(3)4/h6-11,16-18H,5,12-15H2,1-4H3,(H,26,28). The Kier molecular flexibility index (Phi) is 7.27. The van der Waals surface area contributed by atoms with Gasteiger partial charge < -0.3 is 15.0 Å². The highest BCUT2D eigenvalue weighted by Crippen LogP contribution is 2.33. The van der Waals surface area contributed by atoms with E-state index in [1.165, 1.54) is 5.56 Å². The van der Waals surface area contributed by atoms with Crippen molar-refractivity contribution in [1.29, 1.82) is 0 Å². The molecule has 0 saturated carbocycles. The Morgan fingerprint density at radius 2 is 1.73 bits per heavy atom. The summed E-state index contributed by atoms with van der Waals surface area (Å²) in [6, 6.07) is 13.9. The lowest BCUT2D eigenvalue weighted by Gasteiger charge is -2.19. The van der Waals surface area contributed by atoms with Gasteiger partial charge in [0.05, 0.1) is 6.10 Å². The third-order valence-corrected chi connectivity index (χ3v) is 5.27. The molecular formula is C25H32N2O3. The van der Waals surface area contributed by atoms with Crippen LogP contribution in [0.15, 0.2) is 42.5 Å². The summed E-state index contributed by atoms with van der Waals surface area (Å²) in [5, 5.41) is 2.93. The Balaban J connectivity index is 1.61. The number of benzene rings is 2. The van der Waals surface area contributed by atoms with Crippen molar-refractivity contribution in [2.24, 2.45) is 5.92 Å². The molecule has 0 saturated heterocycles. The van der Waals surface area contributed by atoms with Gasteiger partial charge in [0, 0.05) is 36.9 Å². The maximum atomic E-state index is 12.4. The van der Waals surface area contributed by atoms with Crippen molar-refractivity contribution in [3.8, 4) is 11.1 Å². The number of anilines is 1. The minimum Gasteiger partial charge on any atom is -0.379 e. The average Bonchev–Trinajstić information content (AvgIpc) is 3.15. The highest BCUT2D eigenvalue weighted by Gasteiger charge is 2.26. The van der Waals surface area contributed by atoms with Gasteiger partial charge in [-0.1, -0.05) is 32.0 Å². The molecule has 0 radical (unpaired) electrons. The fourth-order valence-corrected chi connectivity index (χ4v) is 3.63. The molecule has 3 rings (SSSR count). The first-order valence-corrected chi connectivity index (χ1v) is 10.8. The van der Waals surface area contributed by atoms with E-state index in [0.717, 1.165) is 36.2 Å². The minimum atomic E-state index is -0.0668. The van der Waals surface area contributed by atoms with E-state index in [1.54, 1.807) is 0 Å². The van der Waals surface area contributed by atoms with Gasteiger partial charge >= 0.3 is 0 Å². The van der Waals surface area contributed by atoms with Gasteiger partial charge in [0.15, 0.2) is 0 Å². The van der Waals surface area contributed by atoms with E-state index in [1.807, 2.05) is 62.9 Å². The number of fused-ring (bicyclic) bond motifs is 1. The number of nitrogens with zero attached hydrogens (tertiary/aromatic N) is 1. The van der Waals surface area contributed by atoms with Gasteiger partial charge in [0.1, 0.15) is 0 Å². The molecule has 2 aromatic rings. The van der Waals surface area contributed by atoms with E-state index >= 15 is 0 Å². The van der Waals surface area contributed by atoms with Crippen LogP contribution in [-0.2, 0) is 16.0 Å². The van der Waals surface area contributed by atoms with E-state index in [2.05, 4.69) is 17.4 Å². The summed E-state index contributed by atoms with van der Waals surface area (Å²) >= 11 is 0. The van der Waals surface area contributed by atoms with Crippen molar-refractivity contribution in [1.82, 2.24) is 5.32 Å². The molecule has 1 aliphatic rings. The minimum absolute atomic E-state index is 0.00273. The molecule has 160 valence electrons. The van der Waals surface area contributed by atoms with Crippen LogP contribution in [0.3, 0.4) is 0 Å². The quantitative estimate of drug-likeness (QED) is 0.657. The third-order valence-electron chi connectivity index (χ3n) is 5.27. The van der Waals surface area contributed by atoms with Gasteiger partial charge in [0.2, 0.25) is 5.91 Å². The fourth-order valence-electron chi connectivity index (χ4n) is 3.63. The lowest BCUT2D eigenvalue weighted by Crippen LogP contribution is -2.32. The molecule has 2 amide bonds. The summed E-state index contributed by atoms with van der Waals surface area (Å²) in [7, 11) is 0. The van der Waals surface area contributed by atoms with Crippen LogP contribution in [-0.4, -0.2) is 37.6 Å². The molecule has 5 nitrogen and oxygen atoms in total. The molecule has 0 bridgehead atoms. The van der Waals surface area contributed by atoms with Crippen LogP contribution in [0.25, 0.3) is 11.1 Å². The Hall–Kier alpha value is -2.66. The number of hydrogen-bond donors (Lipinski definition) is 1. The Morgan fingerprint density at radius 1 is 1.03 bits per heavy atom. The average molecular weight is 409 g/mol. The summed E-state index contributed by atoms with van der Waals surface area (Å²) in [6.07, 6.45) is 1.89. The smallest absolute Gasteiger partial charge is 0.251 e. The number of amides is 2. The second kappa shape index (κ2) is 9.90. The Labute approximate surface area is 179 Å². The first-order valence-electron chi connectivity index (χ1n) is 10.8. The third kappa shape index (κ3) is 5.28. The van der Waals surface area contributed by atoms with Crippen LogP contribution in [0.4, 0.5) is 5.69 Å². The van der Waals surface area contributed by atoms with Gasteiger partial charge in [0.25, 0.3) is 5.91 Å². The zero-order valence-corrected chi connectivity index (χ0v) is 18.4. The summed E-state index contributed by atoms with van der Waals surface area (Å²) in [4.78, 5) is 26.6. The van der Waals surface area contributed by atoms with Crippen molar-refractivity contribution in [3.63, 3.8) is 0 Å². The van der Waals surface area contributed by atoms with Crippen molar-refractivity contribution in [3.05, 3.63) is 53.6 Å². The van der Waals surface area contributed by atoms with Gasteiger partial charge in [-0.2, -0.15) is 0 Å². The second-order valence-corrected chi connectivity index (χ2v) is 8.34. The lowest BCUT2D eigenvalue weighted by atomic mass is 10.0. The predicted molar refractivity (Wildman–Crippen MR) is 121 cm³/mol. The summed E-state index contributed by atoms with van der Waals surface area (Å²) in [5.41, 5.74) is 5.04. The van der Waals surface area contributed by atoms with Crippen LogP contribution in [0.1, 0.15) is 50.0 Å². The fraction of sp³-hybridized carbons (Fsp3) is 0.440. The predicted octanol–water partition coefficient (Wildman–Crippen LogP) is 4.44. The highest BCUT2D eigenvalue weighted by molar-refractivity contribution is 5.97. The molecule has 0 atom stereocenters. The van der Waals surface area contributed by atoms with E-state index < -0.39 is 0 Å². The number of rotatable bonds is 8. The summed E-state index contributed by atoms with van der Waals surface area (Å²) in [5.74, 6) is 0.104. The molecule has 1 N–H and O–H groups in total. The lowest BCUT2D eigenvalue weighted by molar-refractivity contribution is -0.121. The van der Waals surface area contributed by atoms with E-state index in [4.69, 9.17) is 4.74 Å². The van der Waals surface area contributed by atoms with Crippen LogP contribution >= 0.6 is 0 Å². The molecule has 0 aromatic heterocycles. The van der Waals surface area contributed by atoms with Crippen molar-refractivity contribution < 1.29 is 14.3 Å². The maximum Gasteiger partial charge on any atom is 0.251 e. The van der Waals surface area contributed by atoms with Crippen LogP contribution in [0.2, 0.25) is 0 Å². The van der Waals surface area contributed by atoms with Gasteiger partial charge in [-0.3, -0.25) is 9.59 Å². The van der Waals surface area contributed by atoms with Gasteiger partial charge in [-0.15, -0.1) is 0 Å². The van der Waals surface area contributed by atoms with Gasteiger partial charge in [-0.25, -0.2) is 0 Å². The first kappa shape index (κ1) is 22.0. The van der Waals surface area contributed by atoms with Crippen LogP contribution in [0, 0.1) is 5.92 Å². The molecular weight excluding hydrogens is 376 g/mol. The SMILES string of the molecule is CC(C)OCCCNC(=O)c1ccc(-c2ccc3c(c2)CCN3C(=O)C(C)C)cc1. The number of hydrogen-bond acceptors (Lipinski definition) is 3. The van der Waals surface area contributed by atoms with Crippen LogP contribution in [0.5, 0.6) is 0 Å². The summed E-state index contributed by atoms with van der Waals surface area (Å²) in [6.45, 7) is 9.87. The molecule has 2 aromatic carbocycles. The Bertz CT molecular complexity index is 888. The van der Waals surface area contributed by atoms with Gasteiger partial charge in [-0.05, 0) is 67.6 Å². The van der Waals surface area contributed by atoms with Crippen molar-refractivity contribution in [2.75, 3.05) is 24.6 Å². The molecule has 1 aliphatic heterocycles. The molecule has 0 aliphatic carbocycles. The largest absolute Gasteiger partial charge is 0.379 e. The molecule has 30 heavy (non-hydrogen) atoms. The Morgan fingerprint density at radius 3 is 2.40 bits per heavy atom. The molecule has 0 spiro atoms. The van der Waals surface area contributed by atoms with E-state index in [-0.39, 0.29) is 23.8 Å². The zero-order chi connectivity index (χ0) is 21.7. The van der Waals surface area contributed by atoms with E-state index in [9.17, 15) is 9.59 Å². The maximum absolute atomic E-state index is 12.4.